The summed E-state index contributed by atoms with van der Waals surface area (Å²) in [6.07, 6.45) is 1.89. The van der Waals surface area contributed by atoms with E-state index in [9.17, 15) is 0 Å². The Bertz CT molecular complexity index is 280. The lowest BCUT2D eigenvalue weighted by molar-refractivity contribution is 1.01. The number of nitrogen functional groups attached to an aromatic ring is 1. The number of nitrogens with one attached hydrogen (secondary N) is 1. The molecule has 0 fully saturated rings. The quantitative estimate of drug-likeness (QED) is 0.461. The Labute approximate surface area is 73.7 Å². The van der Waals surface area contributed by atoms with Gasteiger partial charge < -0.3 is 11.5 Å². The zero-order chi connectivity index (χ0) is 8.43. The van der Waals surface area contributed by atoms with Gasteiger partial charge in [-0.15, -0.1) is 11.8 Å². The van der Waals surface area contributed by atoms with Crippen LogP contribution in [0, 0.1) is 0 Å². The molecule has 0 aromatic carbocycles. The second-order valence-electron chi connectivity index (χ2n) is 1.89. The molecule has 0 aliphatic heterocycles. The summed E-state index contributed by atoms with van der Waals surface area (Å²) >= 11 is 6.24. The van der Waals surface area contributed by atoms with Gasteiger partial charge in [0.1, 0.15) is 15.8 Å². The molecule has 0 aliphatic rings. The van der Waals surface area contributed by atoms with Gasteiger partial charge in [0.15, 0.2) is 0 Å². The lowest BCUT2D eigenvalue weighted by atomic mass is 10.3. The van der Waals surface area contributed by atoms with E-state index in [0.29, 0.717) is 11.4 Å². The zero-order valence-electron chi connectivity index (χ0n) is 5.92. The van der Waals surface area contributed by atoms with Crippen molar-refractivity contribution in [1.82, 2.24) is 10.2 Å². The molecule has 11 heavy (non-hydrogen) atoms. The van der Waals surface area contributed by atoms with Gasteiger partial charge in [-0.1, -0.05) is 12.2 Å². The number of H-pyrrole nitrogens is 1. The van der Waals surface area contributed by atoms with Crippen LogP contribution in [-0.4, -0.2) is 21.4 Å². The van der Waals surface area contributed by atoms with E-state index in [2.05, 4.69) is 10.2 Å². The molecule has 0 unspecified atom stereocenters. The number of thioether (sulfide) groups is 1. The second-order valence-corrected chi connectivity index (χ2v) is 3.12. The van der Waals surface area contributed by atoms with Crippen molar-refractivity contribution in [2.75, 3.05) is 12.0 Å². The number of aromatic nitrogens is 2. The van der Waals surface area contributed by atoms with Crippen LogP contribution < -0.4 is 11.5 Å². The van der Waals surface area contributed by atoms with Gasteiger partial charge in [-0.3, -0.25) is 5.10 Å². The molecular formula is C5H8N4S2. The highest BCUT2D eigenvalue weighted by Gasteiger charge is 2.11. The minimum absolute atomic E-state index is 0.278. The van der Waals surface area contributed by atoms with Crippen molar-refractivity contribution in [2.24, 2.45) is 5.73 Å². The molecule has 1 rings (SSSR count). The molecule has 0 radical (unpaired) electrons. The Balaban J connectivity index is 3.17. The molecule has 0 saturated heterocycles. The van der Waals surface area contributed by atoms with Gasteiger partial charge in [-0.05, 0) is 6.26 Å². The maximum Gasteiger partial charge on any atom is 0.130 e. The monoisotopic (exact) mass is 188 g/mol. The second kappa shape index (κ2) is 3.10. The fourth-order valence-corrected chi connectivity index (χ4v) is 1.56. The maximum absolute atomic E-state index is 5.52. The van der Waals surface area contributed by atoms with Gasteiger partial charge in [0, 0.05) is 0 Å². The van der Waals surface area contributed by atoms with Gasteiger partial charge >= 0.3 is 0 Å². The van der Waals surface area contributed by atoms with Gasteiger partial charge in [-0.25, -0.2) is 0 Å². The summed E-state index contributed by atoms with van der Waals surface area (Å²) in [6, 6.07) is 0. The normalized spacial score (nSPS) is 9.91. The molecule has 1 aromatic heterocycles. The number of anilines is 1. The topological polar surface area (TPSA) is 80.7 Å². The molecule has 5 N–H and O–H groups in total. The summed E-state index contributed by atoms with van der Waals surface area (Å²) in [5, 5.41) is 7.26. The predicted molar refractivity (Wildman–Crippen MR) is 50.7 cm³/mol. The van der Waals surface area contributed by atoms with E-state index in [1.165, 1.54) is 11.8 Å². The van der Waals surface area contributed by atoms with Crippen LogP contribution >= 0.6 is 24.0 Å². The van der Waals surface area contributed by atoms with Gasteiger partial charge in [0.2, 0.25) is 0 Å². The smallest absolute Gasteiger partial charge is 0.130 e. The van der Waals surface area contributed by atoms with E-state index in [1.54, 1.807) is 0 Å². The SMILES string of the molecule is CSc1n[nH]c(N)c1C(N)=S. The molecule has 0 atom stereocenters. The van der Waals surface area contributed by atoms with E-state index >= 15 is 0 Å². The van der Waals surface area contributed by atoms with Crippen LogP contribution in [0.2, 0.25) is 0 Å². The summed E-state index contributed by atoms with van der Waals surface area (Å²) in [7, 11) is 0. The molecule has 60 valence electrons. The molecule has 1 aromatic rings. The molecule has 0 bridgehead atoms. The standard InChI is InChI=1S/C5H8N4S2/c1-11-5-2(4(7)10)3(6)8-9-5/h1H3,(H2,7,10)(H3,6,8,9). The Kier molecular flexibility index (Phi) is 2.35. The number of nitrogens with two attached hydrogens (primary N) is 2. The Morgan fingerprint density at radius 3 is 2.73 bits per heavy atom. The third kappa shape index (κ3) is 1.46. The number of rotatable bonds is 2. The van der Waals surface area contributed by atoms with Crippen LogP contribution in [0.3, 0.4) is 0 Å². The van der Waals surface area contributed by atoms with E-state index in [4.69, 9.17) is 23.7 Å². The lowest BCUT2D eigenvalue weighted by Gasteiger charge is -1.95. The molecule has 0 amide bonds. The fourth-order valence-electron chi connectivity index (χ4n) is 0.724. The summed E-state index contributed by atoms with van der Waals surface area (Å²) in [5.41, 5.74) is 11.6. The van der Waals surface area contributed by atoms with Gasteiger partial charge in [-0.2, -0.15) is 5.10 Å². The fraction of sp³-hybridized carbons (Fsp3) is 0.200. The molecule has 0 saturated carbocycles. The van der Waals surface area contributed by atoms with Gasteiger partial charge in [0.05, 0.1) is 5.56 Å². The Hall–Kier alpha value is -0.750. The van der Waals surface area contributed by atoms with Crippen molar-refractivity contribution in [1.29, 1.82) is 0 Å². The minimum Gasteiger partial charge on any atom is -0.389 e. The maximum atomic E-state index is 5.52. The van der Waals surface area contributed by atoms with E-state index in [-0.39, 0.29) is 4.99 Å². The summed E-state index contributed by atoms with van der Waals surface area (Å²) < 4.78 is 0. The number of nitrogens with zero attached hydrogens (tertiary/aromatic N) is 1. The highest BCUT2D eigenvalue weighted by molar-refractivity contribution is 7.98. The van der Waals surface area contributed by atoms with Crippen LogP contribution in [0.1, 0.15) is 5.56 Å². The Morgan fingerprint density at radius 2 is 2.36 bits per heavy atom. The van der Waals surface area contributed by atoms with E-state index < -0.39 is 0 Å². The van der Waals surface area contributed by atoms with Crippen LogP contribution in [0.25, 0.3) is 0 Å². The van der Waals surface area contributed by atoms with Crippen LogP contribution in [0.15, 0.2) is 5.03 Å². The first kappa shape index (κ1) is 8.35. The van der Waals surface area contributed by atoms with Crippen molar-refractivity contribution in [3.63, 3.8) is 0 Å². The van der Waals surface area contributed by atoms with Crippen molar-refractivity contribution in [2.45, 2.75) is 5.03 Å². The summed E-state index contributed by atoms with van der Waals surface area (Å²) in [6.45, 7) is 0. The van der Waals surface area contributed by atoms with Crippen molar-refractivity contribution in [3.05, 3.63) is 5.56 Å². The highest BCUT2D eigenvalue weighted by atomic mass is 32.2. The molecular weight excluding hydrogens is 180 g/mol. The van der Waals surface area contributed by atoms with Crippen molar-refractivity contribution >= 4 is 34.8 Å². The average molecular weight is 188 g/mol. The van der Waals surface area contributed by atoms with Crippen LogP contribution in [0.4, 0.5) is 5.82 Å². The van der Waals surface area contributed by atoms with Crippen LogP contribution in [-0.2, 0) is 0 Å². The third-order valence-corrected chi connectivity index (χ3v) is 2.09. The van der Waals surface area contributed by atoms with Gasteiger partial charge in [0.25, 0.3) is 0 Å². The molecule has 6 heteroatoms. The largest absolute Gasteiger partial charge is 0.389 e. The average Bonchev–Trinajstić information content (AvgIpc) is 2.30. The van der Waals surface area contributed by atoms with Crippen LogP contribution in [0.5, 0.6) is 0 Å². The number of thiocarbonyl (C=S) groups is 1. The Morgan fingerprint density at radius 1 is 1.73 bits per heavy atom. The summed E-state index contributed by atoms with van der Waals surface area (Å²) in [5.74, 6) is 0.432. The number of hydrogen-bond acceptors (Lipinski definition) is 4. The molecule has 0 aliphatic carbocycles. The first-order valence-electron chi connectivity index (χ1n) is 2.84. The predicted octanol–water partition coefficient (Wildman–Crippen LogP) is 0.348. The molecule has 0 spiro atoms. The number of hydrogen-bond donors (Lipinski definition) is 3. The first-order chi connectivity index (χ1) is 5.16. The number of aromatic amines is 1. The molecule has 1 heterocycles. The van der Waals surface area contributed by atoms with Crippen molar-refractivity contribution < 1.29 is 0 Å². The third-order valence-electron chi connectivity index (χ3n) is 1.20. The van der Waals surface area contributed by atoms with E-state index in [1.807, 2.05) is 6.26 Å². The molecule has 4 nitrogen and oxygen atoms in total. The first-order valence-corrected chi connectivity index (χ1v) is 4.47. The lowest BCUT2D eigenvalue weighted by Crippen LogP contribution is -2.11. The van der Waals surface area contributed by atoms with Crippen molar-refractivity contribution in [3.8, 4) is 0 Å². The zero-order valence-corrected chi connectivity index (χ0v) is 7.55. The highest BCUT2D eigenvalue weighted by Crippen LogP contribution is 2.21. The minimum atomic E-state index is 0.278. The van der Waals surface area contributed by atoms with E-state index in [0.717, 1.165) is 5.03 Å². The summed E-state index contributed by atoms with van der Waals surface area (Å²) in [4.78, 5) is 0.278.